The average Bonchev–Trinajstić information content (AvgIpc) is 1.95. The fraction of sp³-hybridized carbons (Fsp3) is 0.750. The van der Waals surface area contributed by atoms with Crippen molar-refractivity contribution in [2.75, 3.05) is 12.8 Å². The van der Waals surface area contributed by atoms with Gasteiger partial charge >= 0.3 is 0 Å². The summed E-state index contributed by atoms with van der Waals surface area (Å²) in [5.74, 6) is -0.789. The number of nitrogens with two attached hydrogens (primary N) is 1. The molecule has 0 aliphatic carbocycles. The fourth-order valence-electron chi connectivity index (χ4n) is 0.781. The van der Waals surface area contributed by atoms with Crippen LogP contribution in [0.25, 0.3) is 0 Å². The average molecular weight is 164 g/mol. The third-order valence-electron chi connectivity index (χ3n) is 1.43. The van der Waals surface area contributed by atoms with Gasteiger partial charge in [-0.05, 0) is 0 Å². The van der Waals surface area contributed by atoms with E-state index in [9.17, 15) is 13.2 Å². The first-order valence-corrected chi connectivity index (χ1v) is 4.32. The highest BCUT2D eigenvalue weighted by Crippen LogP contribution is 2.10. The lowest BCUT2D eigenvalue weighted by Crippen LogP contribution is -2.32. The Labute approximate surface area is 58.9 Å². The SMILES string of the molecule is CN1C(=O)C(N)CS1(=O)=O. The summed E-state index contributed by atoms with van der Waals surface area (Å²) in [5.41, 5.74) is 5.17. The van der Waals surface area contributed by atoms with E-state index in [-0.39, 0.29) is 5.75 Å². The summed E-state index contributed by atoms with van der Waals surface area (Å²) in [4.78, 5) is 10.7. The van der Waals surface area contributed by atoms with Crippen LogP contribution < -0.4 is 5.73 Å². The first-order valence-electron chi connectivity index (χ1n) is 2.71. The number of nitrogens with zero attached hydrogens (tertiary/aromatic N) is 1. The minimum atomic E-state index is -3.36. The van der Waals surface area contributed by atoms with Crippen LogP contribution in [0.5, 0.6) is 0 Å². The molecule has 1 heterocycles. The van der Waals surface area contributed by atoms with Crippen LogP contribution in [-0.2, 0) is 14.8 Å². The summed E-state index contributed by atoms with van der Waals surface area (Å²) in [5, 5.41) is 0. The number of sulfonamides is 1. The number of hydrogen-bond acceptors (Lipinski definition) is 4. The Hall–Kier alpha value is -0.620. The molecule has 58 valence electrons. The molecule has 1 amide bonds. The number of hydrogen-bond donors (Lipinski definition) is 1. The molecule has 1 unspecified atom stereocenters. The summed E-state index contributed by atoms with van der Waals surface area (Å²) >= 11 is 0. The minimum Gasteiger partial charge on any atom is -0.319 e. The van der Waals surface area contributed by atoms with Crippen LogP contribution >= 0.6 is 0 Å². The number of carbonyl (C=O) groups excluding carboxylic acids is 1. The second kappa shape index (κ2) is 1.93. The Morgan fingerprint density at radius 3 is 2.30 bits per heavy atom. The molecular formula is C4H8N2O3S. The number of carbonyl (C=O) groups is 1. The van der Waals surface area contributed by atoms with E-state index in [1.807, 2.05) is 0 Å². The highest BCUT2D eigenvalue weighted by Gasteiger charge is 2.38. The van der Waals surface area contributed by atoms with Crippen LogP contribution in [0.2, 0.25) is 0 Å². The number of likely N-dealkylation sites (N-methyl/N-ethyl adjacent to an activating group) is 1. The van der Waals surface area contributed by atoms with Gasteiger partial charge < -0.3 is 5.73 Å². The van der Waals surface area contributed by atoms with Gasteiger partial charge in [0.05, 0.1) is 5.75 Å². The second-order valence-corrected chi connectivity index (χ2v) is 4.24. The molecule has 1 saturated heterocycles. The quantitative estimate of drug-likeness (QED) is 0.454. The summed E-state index contributed by atoms with van der Waals surface area (Å²) in [6.07, 6.45) is 0. The molecule has 0 aromatic rings. The zero-order valence-electron chi connectivity index (χ0n) is 5.44. The van der Waals surface area contributed by atoms with Crippen LogP contribution in [0.1, 0.15) is 0 Å². The van der Waals surface area contributed by atoms with E-state index >= 15 is 0 Å². The fourth-order valence-corrected chi connectivity index (χ4v) is 2.01. The largest absolute Gasteiger partial charge is 0.319 e. The maximum Gasteiger partial charge on any atom is 0.253 e. The van der Waals surface area contributed by atoms with Gasteiger partial charge in [0.2, 0.25) is 10.0 Å². The zero-order chi connectivity index (χ0) is 7.94. The lowest BCUT2D eigenvalue weighted by molar-refractivity contribution is -0.125. The van der Waals surface area contributed by atoms with Crippen LogP contribution in [0, 0.1) is 0 Å². The summed E-state index contributed by atoms with van der Waals surface area (Å²) in [6.45, 7) is 0. The molecule has 0 saturated carbocycles. The number of amides is 1. The van der Waals surface area contributed by atoms with Gasteiger partial charge in [-0.25, -0.2) is 12.7 Å². The van der Waals surface area contributed by atoms with Gasteiger partial charge in [-0.15, -0.1) is 0 Å². The van der Waals surface area contributed by atoms with Crippen LogP contribution in [0.15, 0.2) is 0 Å². The van der Waals surface area contributed by atoms with Crippen molar-refractivity contribution in [2.24, 2.45) is 5.73 Å². The molecule has 0 aromatic heterocycles. The lowest BCUT2D eigenvalue weighted by Gasteiger charge is -2.04. The van der Waals surface area contributed by atoms with Crippen molar-refractivity contribution >= 4 is 15.9 Å². The van der Waals surface area contributed by atoms with E-state index < -0.39 is 22.0 Å². The second-order valence-electron chi connectivity index (χ2n) is 2.19. The van der Waals surface area contributed by atoms with Gasteiger partial charge in [0.1, 0.15) is 6.04 Å². The van der Waals surface area contributed by atoms with Crippen molar-refractivity contribution < 1.29 is 13.2 Å². The van der Waals surface area contributed by atoms with Crippen LogP contribution in [0.4, 0.5) is 0 Å². The highest BCUT2D eigenvalue weighted by molar-refractivity contribution is 7.90. The van der Waals surface area contributed by atoms with Crippen molar-refractivity contribution in [3.8, 4) is 0 Å². The van der Waals surface area contributed by atoms with E-state index in [0.717, 1.165) is 0 Å². The molecular weight excluding hydrogens is 156 g/mol. The van der Waals surface area contributed by atoms with Gasteiger partial charge in [-0.3, -0.25) is 4.79 Å². The Kier molecular flexibility index (Phi) is 1.44. The molecule has 1 fully saturated rings. The van der Waals surface area contributed by atoms with E-state index in [1.54, 1.807) is 0 Å². The van der Waals surface area contributed by atoms with E-state index in [2.05, 4.69) is 0 Å². The Balaban J connectivity index is 3.04. The Bertz CT molecular complexity index is 258. The summed E-state index contributed by atoms with van der Waals surface area (Å²) in [6, 6.07) is -0.866. The maximum absolute atomic E-state index is 10.8. The maximum atomic E-state index is 10.8. The molecule has 1 aliphatic rings. The standard InChI is InChI=1S/C4H8N2O3S/c1-6-4(7)3(5)2-10(6,8)9/h3H,2,5H2,1H3. The van der Waals surface area contributed by atoms with Crippen molar-refractivity contribution in [2.45, 2.75) is 6.04 Å². The normalized spacial score (nSPS) is 31.2. The summed E-state index contributed by atoms with van der Waals surface area (Å²) < 4.78 is 22.3. The molecule has 0 radical (unpaired) electrons. The Morgan fingerprint density at radius 2 is 2.20 bits per heavy atom. The molecule has 0 bridgehead atoms. The van der Waals surface area contributed by atoms with Gasteiger partial charge in [0, 0.05) is 7.05 Å². The summed E-state index contributed by atoms with van der Waals surface area (Å²) in [7, 11) is -2.15. The predicted molar refractivity (Wildman–Crippen MR) is 34.5 cm³/mol. The van der Waals surface area contributed by atoms with Gasteiger partial charge in [0.15, 0.2) is 0 Å². The lowest BCUT2D eigenvalue weighted by atomic mass is 10.3. The Morgan fingerprint density at radius 1 is 1.70 bits per heavy atom. The molecule has 0 aromatic carbocycles. The molecule has 2 N–H and O–H groups in total. The smallest absolute Gasteiger partial charge is 0.253 e. The predicted octanol–water partition coefficient (Wildman–Crippen LogP) is -1.88. The monoisotopic (exact) mass is 164 g/mol. The third-order valence-corrected chi connectivity index (χ3v) is 3.23. The molecule has 6 heteroatoms. The molecule has 1 rings (SSSR count). The van der Waals surface area contributed by atoms with Crippen molar-refractivity contribution in [3.05, 3.63) is 0 Å². The topological polar surface area (TPSA) is 80.5 Å². The zero-order valence-corrected chi connectivity index (χ0v) is 6.26. The van der Waals surface area contributed by atoms with Gasteiger partial charge in [-0.1, -0.05) is 0 Å². The molecule has 10 heavy (non-hydrogen) atoms. The molecule has 5 nitrogen and oxygen atoms in total. The van der Waals surface area contributed by atoms with E-state index in [0.29, 0.717) is 4.31 Å². The first-order chi connectivity index (χ1) is 4.45. The third kappa shape index (κ3) is 0.889. The van der Waals surface area contributed by atoms with Crippen molar-refractivity contribution in [3.63, 3.8) is 0 Å². The minimum absolute atomic E-state index is 0.262. The van der Waals surface area contributed by atoms with Crippen LogP contribution in [-0.4, -0.2) is 37.5 Å². The van der Waals surface area contributed by atoms with Crippen LogP contribution in [0.3, 0.4) is 0 Å². The van der Waals surface area contributed by atoms with Gasteiger partial charge in [-0.2, -0.15) is 0 Å². The highest BCUT2D eigenvalue weighted by atomic mass is 32.2. The molecule has 1 aliphatic heterocycles. The van der Waals surface area contributed by atoms with E-state index in [1.165, 1.54) is 7.05 Å². The molecule has 0 spiro atoms. The molecule has 1 atom stereocenters. The van der Waals surface area contributed by atoms with Crippen molar-refractivity contribution in [1.82, 2.24) is 4.31 Å². The van der Waals surface area contributed by atoms with E-state index in [4.69, 9.17) is 5.73 Å². The van der Waals surface area contributed by atoms with Gasteiger partial charge in [0.25, 0.3) is 5.91 Å². The first kappa shape index (κ1) is 7.49. The number of rotatable bonds is 0. The van der Waals surface area contributed by atoms with Crippen molar-refractivity contribution in [1.29, 1.82) is 0 Å².